The van der Waals surface area contributed by atoms with Crippen LogP contribution >= 0.6 is 12.2 Å². The second-order valence-electron chi connectivity index (χ2n) is 5.01. The number of halogens is 1. The van der Waals surface area contributed by atoms with Gasteiger partial charge in [-0.1, -0.05) is 18.2 Å². The first-order chi connectivity index (χ1) is 10.5. The molecule has 2 rings (SSSR count). The van der Waals surface area contributed by atoms with Gasteiger partial charge in [0.1, 0.15) is 18.2 Å². The summed E-state index contributed by atoms with van der Waals surface area (Å²) >= 11 is 5.16. The molecule has 5 heteroatoms. The molecule has 0 saturated heterocycles. The van der Waals surface area contributed by atoms with Gasteiger partial charge < -0.3 is 15.4 Å². The largest absolute Gasteiger partial charge is 0.492 e. The van der Waals surface area contributed by atoms with Gasteiger partial charge in [-0.05, 0) is 61.5 Å². The second-order valence-corrected chi connectivity index (χ2v) is 5.42. The molecule has 3 nitrogen and oxygen atoms in total. The number of rotatable bonds is 5. The van der Waals surface area contributed by atoms with Crippen LogP contribution in [0.25, 0.3) is 0 Å². The molecule has 2 aromatic rings. The van der Waals surface area contributed by atoms with Gasteiger partial charge in [-0.15, -0.1) is 0 Å². The van der Waals surface area contributed by atoms with Gasteiger partial charge in [0.05, 0.1) is 6.54 Å². The van der Waals surface area contributed by atoms with Crippen LogP contribution in [0.5, 0.6) is 5.75 Å². The minimum atomic E-state index is -0.254. The highest BCUT2D eigenvalue weighted by atomic mass is 32.1. The molecule has 0 aliphatic carbocycles. The van der Waals surface area contributed by atoms with Crippen LogP contribution in [-0.2, 0) is 0 Å². The molecule has 2 N–H and O–H groups in total. The van der Waals surface area contributed by atoms with Crippen LogP contribution in [-0.4, -0.2) is 18.3 Å². The number of anilines is 1. The van der Waals surface area contributed by atoms with Crippen LogP contribution in [0.3, 0.4) is 0 Å². The number of hydrogen-bond donors (Lipinski definition) is 2. The van der Waals surface area contributed by atoms with Gasteiger partial charge in [-0.2, -0.15) is 0 Å². The third-order valence-electron chi connectivity index (χ3n) is 3.08. The summed E-state index contributed by atoms with van der Waals surface area (Å²) in [6.07, 6.45) is 0. The van der Waals surface area contributed by atoms with Crippen molar-refractivity contribution in [2.24, 2.45) is 0 Å². The van der Waals surface area contributed by atoms with E-state index in [-0.39, 0.29) is 5.82 Å². The molecule has 0 heterocycles. The number of thiocarbonyl (C=S) groups is 1. The Morgan fingerprint density at radius 3 is 2.73 bits per heavy atom. The van der Waals surface area contributed by atoms with Crippen molar-refractivity contribution >= 4 is 23.0 Å². The summed E-state index contributed by atoms with van der Waals surface area (Å²) in [5, 5.41) is 6.41. The summed E-state index contributed by atoms with van der Waals surface area (Å²) in [6, 6.07) is 12.8. The van der Waals surface area contributed by atoms with Crippen LogP contribution in [0.1, 0.15) is 11.1 Å². The Kier molecular flexibility index (Phi) is 5.72. The first-order valence-electron chi connectivity index (χ1n) is 7.05. The lowest BCUT2D eigenvalue weighted by Crippen LogP contribution is -2.32. The zero-order chi connectivity index (χ0) is 15.9. The zero-order valence-corrected chi connectivity index (χ0v) is 13.5. The molecule has 0 fully saturated rings. The topological polar surface area (TPSA) is 33.3 Å². The molecule has 0 unspecified atom stereocenters. The van der Waals surface area contributed by atoms with Gasteiger partial charge in [0, 0.05) is 5.69 Å². The van der Waals surface area contributed by atoms with Crippen molar-refractivity contribution < 1.29 is 9.13 Å². The number of hydrogen-bond acceptors (Lipinski definition) is 2. The zero-order valence-electron chi connectivity index (χ0n) is 12.7. The third-order valence-corrected chi connectivity index (χ3v) is 3.32. The molecule has 2 aromatic carbocycles. The van der Waals surface area contributed by atoms with Crippen LogP contribution in [0.4, 0.5) is 10.1 Å². The predicted molar refractivity (Wildman–Crippen MR) is 92.0 cm³/mol. The summed E-state index contributed by atoms with van der Waals surface area (Å²) in [5.41, 5.74) is 2.39. The summed E-state index contributed by atoms with van der Waals surface area (Å²) in [6.45, 7) is 4.80. The van der Waals surface area contributed by atoms with E-state index in [0.717, 1.165) is 11.3 Å². The minimum absolute atomic E-state index is 0.254. The molecule has 0 aromatic heterocycles. The molecule has 0 aliphatic heterocycles. The van der Waals surface area contributed by atoms with Crippen molar-refractivity contribution in [2.45, 2.75) is 13.8 Å². The van der Waals surface area contributed by atoms with E-state index in [9.17, 15) is 4.39 Å². The molecule has 0 bridgehead atoms. The lowest BCUT2D eigenvalue weighted by molar-refractivity contribution is 0.322. The molecular formula is C17H19FN2OS. The van der Waals surface area contributed by atoms with E-state index in [0.29, 0.717) is 29.5 Å². The highest BCUT2D eigenvalue weighted by molar-refractivity contribution is 7.80. The fourth-order valence-electron chi connectivity index (χ4n) is 1.88. The van der Waals surface area contributed by atoms with E-state index >= 15 is 0 Å². The molecule has 22 heavy (non-hydrogen) atoms. The van der Waals surface area contributed by atoms with E-state index in [1.165, 1.54) is 6.07 Å². The Bertz CT molecular complexity index is 661. The minimum Gasteiger partial charge on any atom is -0.492 e. The van der Waals surface area contributed by atoms with Crippen LogP contribution < -0.4 is 15.4 Å². The second kappa shape index (κ2) is 7.75. The molecule has 0 atom stereocenters. The summed E-state index contributed by atoms with van der Waals surface area (Å²) < 4.78 is 19.0. The van der Waals surface area contributed by atoms with Gasteiger partial charge in [0.25, 0.3) is 0 Å². The molecule has 0 spiro atoms. The average Bonchev–Trinajstić information content (AvgIpc) is 2.48. The van der Waals surface area contributed by atoms with Gasteiger partial charge in [0.2, 0.25) is 0 Å². The molecule has 0 radical (unpaired) electrons. The summed E-state index contributed by atoms with van der Waals surface area (Å²) in [4.78, 5) is 0. The molecule has 116 valence electrons. The Labute approximate surface area is 135 Å². The third kappa shape index (κ3) is 5.00. The van der Waals surface area contributed by atoms with Gasteiger partial charge in [0.15, 0.2) is 5.11 Å². The normalized spacial score (nSPS) is 10.1. The number of ether oxygens (including phenoxy) is 1. The lowest BCUT2D eigenvalue weighted by atomic mass is 10.2. The fraction of sp³-hybridized carbons (Fsp3) is 0.235. The first-order valence-corrected chi connectivity index (χ1v) is 7.46. The smallest absolute Gasteiger partial charge is 0.170 e. The van der Waals surface area contributed by atoms with Crippen LogP contribution in [0.2, 0.25) is 0 Å². The molecular weight excluding hydrogens is 299 g/mol. The summed E-state index contributed by atoms with van der Waals surface area (Å²) in [7, 11) is 0. The Balaban J connectivity index is 1.72. The van der Waals surface area contributed by atoms with E-state index in [2.05, 4.69) is 10.6 Å². The highest BCUT2D eigenvalue weighted by Crippen LogP contribution is 2.13. The van der Waals surface area contributed by atoms with Gasteiger partial charge in [-0.25, -0.2) is 4.39 Å². The van der Waals surface area contributed by atoms with E-state index in [4.69, 9.17) is 17.0 Å². The molecule has 0 aliphatic rings. The monoisotopic (exact) mass is 318 g/mol. The van der Waals surface area contributed by atoms with Crippen molar-refractivity contribution in [1.29, 1.82) is 0 Å². The van der Waals surface area contributed by atoms with E-state index in [1.54, 1.807) is 19.1 Å². The number of benzene rings is 2. The molecule has 0 amide bonds. The first kappa shape index (κ1) is 16.2. The summed E-state index contributed by atoms with van der Waals surface area (Å²) in [5.74, 6) is 0.580. The Hall–Kier alpha value is -2.14. The van der Waals surface area contributed by atoms with Crippen LogP contribution in [0.15, 0.2) is 42.5 Å². The van der Waals surface area contributed by atoms with Crippen molar-refractivity contribution in [3.05, 3.63) is 59.4 Å². The SMILES string of the molecule is Cc1cccc(OCCNC(=S)Nc2ccc(C)c(F)c2)c1. The maximum Gasteiger partial charge on any atom is 0.170 e. The van der Waals surface area contributed by atoms with Crippen molar-refractivity contribution in [1.82, 2.24) is 5.32 Å². The van der Waals surface area contributed by atoms with E-state index < -0.39 is 0 Å². The number of aryl methyl sites for hydroxylation is 2. The van der Waals surface area contributed by atoms with E-state index in [1.807, 2.05) is 31.2 Å². The standard InChI is InChI=1S/C17H19FN2OS/c1-12-4-3-5-15(10-12)21-9-8-19-17(22)20-14-7-6-13(2)16(18)11-14/h3-7,10-11H,8-9H2,1-2H3,(H2,19,20,22). The Morgan fingerprint density at radius 1 is 1.18 bits per heavy atom. The van der Waals surface area contributed by atoms with Crippen molar-refractivity contribution in [3.63, 3.8) is 0 Å². The fourth-order valence-corrected chi connectivity index (χ4v) is 2.10. The van der Waals surface area contributed by atoms with Gasteiger partial charge >= 0.3 is 0 Å². The maximum absolute atomic E-state index is 13.4. The van der Waals surface area contributed by atoms with Crippen molar-refractivity contribution in [3.8, 4) is 5.75 Å². The van der Waals surface area contributed by atoms with Crippen LogP contribution in [0, 0.1) is 19.7 Å². The highest BCUT2D eigenvalue weighted by Gasteiger charge is 2.01. The van der Waals surface area contributed by atoms with Crippen molar-refractivity contribution in [2.75, 3.05) is 18.5 Å². The Morgan fingerprint density at radius 2 is 2.00 bits per heavy atom. The number of nitrogens with one attached hydrogen (secondary N) is 2. The van der Waals surface area contributed by atoms with Gasteiger partial charge in [-0.3, -0.25) is 0 Å². The lowest BCUT2D eigenvalue weighted by Gasteiger charge is -2.12. The average molecular weight is 318 g/mol. The molecule has 0 saturated carbocycles. The maximum atomic E-state index is 13.4. The quantitative estimate of drug-likeness (QED) is 0.649. The predicted octanol–water partition coefficient (Wildman–Crippen LogP) is 3.81.